The zero-order valence-corrected chi connectivity index (χ0v) is 11.8. The first-order valence-corrected chi connectivity index (χ1v) is 7.48. The number of hydrogen-bond acceptors (Lipinski definition) is 5. The third-order valence-electron chi connectivity index (χ3n) is 3.31. The molecule has 0 unspecified atom stereocenters. The number of nitrogens with two attached hydrogens (primary N) is 1. The summed E-state index contributed by atoms with van der Waals surface area (Å²) in [6, 6.07) is 4.28. The van der Waals surface area contributed by atoms with E-state index in [1.807, 2.05) is 22.4 Å². The monoisotopic (exact) mass is 288 g/mol. The van der Waals surface area contributed by atoms with Crippen LogP contribution in [0.4, 0.5) is 5.13 Å². The molecule has 3 rings (SSSR count). The van der Waals surface area contributed by atoms with Crippen LogP contribution in [-0.2, 0) is 17.8 Å². The van der Waals surface area contributed by atoms with E-state index in [9.17, 15) is 4.79 Å². The van der Waals surface area contributed by atoms with Crippen molar-refractivity contribution in [2.75, 3.05) is 5.73 Å². The molecule has 0 aromatic carbocycles. The maximum atomic E-state index is 12.4. The second-order valence-electron chi connectivity index (χ2n) is 4.96. The summed E-state index contributed by atoms with van der Waals surface area (Å²) in [5, 5.41) is 2.37. The van der Waals surface area contributed by atoms with Crippen molar-refractivity contribution in [3.63, 3.8) is 0 Å². The summed E-state index contributed by atoms with van der Waals surface area (Å²) >= 11 is 1.37. The van der Waals surface area contributed by atoms with Gasteiger partial charge in [0, 0.05) is 30.4 Å². The molecule has 5 nitrogen and oxygen atoms in total. The minimum Gasteiger partial charge on any atom is -0.375 e. The lowest BCUT2D eigenvalue weighted by Crippen LogP contribution is -2.33. The molecule has 6 heteroatoms. The van der Waals surface area contributed by atoms with Crippen molar-refractivity contribution >= 4 is 22.4 Å². The summed E-state index contributed by atoms with van der Waals surface area (Å²) < 4.78 is 0. The van der Waals surface area contributed by atoms with Gasteiger partial charge < -0.3 is 10.6 Å². The van der Waals surface area contributed by atoms with Crippen LogP contribution in [0.2, 0.25) is 0 Å². The first kappa shape index (κ1) is 13.1. The molecule has 0 bridgehead atoms. The van der Waals surface area contributed by atoms with E-state index in [1.54, 1.807) is 12.4 Å². The summed E-state index contributed by atoms with van der Waals surface area (Å²) in [6.07, 6.45) is 6.03. The normalized spacial score (nSPS) is 14.2. The van der Waals surface area contributed by atoms with Crippen LogP contribution >= 0.6 is 11.3 Å². The van der Waals surface area contributed by atoms with E-state index >= 15 is 0 Å². The van der Waals surface area contributed by atoms with E-state index in [2.05, 4.69) is 9.97 Å². The lowest BCUT2D eigenvalue weighted by Gasteiger charge is -2.22. The first-order chi connectivity index (χ1) is 9.72. The lowest BCUT2D eigenvalue weighted by atomic mass is 10.2. The summed E-state index contributed by atoms with van der Waals surface area (Å²) in [7, 11) is 0. The third-order valence-corrected chi connectivity index (χ3v) is 4.03. The number of rotatable bonds is 5. The Morgan fingerprint density at radius 1 is 1.40 bits per heavy atom. The molecule has 1 amide bonds. The fourth-order valence-electron chi connectivity index (χ4n) is 2.15. The Morgan fingerprint density at radius 2 is 2.15 bits per heavy atom. The highest BCUT2D eigenvalue weighted by Crippen LogP contribution is 2.29. The fourth-order valence-corrected chi connectivity index (χ4v) is 2.72. The van der Waals surface area contributed by atoms with Crippen LogP contribution in [0, 0.1) is 0 Å². The molecule has 1 fully saturated rings. The zero-order valence-electron chi connectivity index (χ0n) is 11.0. The number of carbonyl (C=O) groups is 1. The van der Waals surface area contributed by atoms with Gasteiger partial charge in [0.25, 0.3) is 0 Å². The minimum atomic E-state index is 0.120. The number of amides is 1. The van der Waals surface area contributed by atoms with E-state index in [0.717, 1.165) is 24.1 Å². The number of hydrogen-bond donors (Lipinski definition) is 1. The quantitative estimate of drug-likeness (QED) is 0.911. The van der Waals surface area contributed by atoms with Gasteiger partial charge in [-0.25, -0.2) is 4.98 Å². The molecule has 2 heterocycles. The second kappa shape index (κ2) is 5.58. The van der Waals surface area contributed by atoms with Crippen LogP contribution in [0.3, 0.4) is 0 Å². The highest BCUT2D eigenvalue weighted by Gasteiger charge is 2.32. The molecule has 1 aliphatic carbocycles. The van der Waals surface area contributed by atoms with Gasteiger partial charge in [0.2, 0.25) is 5.91 Å². The lowest BCUT2D eigenvalue weighted by molar-refractivity contribution is -0.131. The Kier molecular flexibility index (Phi) is 3.64. The molecule has 0 radical (unpaired) electrons. The molecule has 2 aromatic rings. The maximum Gasteiger partial charge on any atom is 0.229 e. The highest BCUT2D eigenvalue weighted by atomic mass is 32.1. The Morgan fingerprint density at radius 3 is 2.75 bits per heavy atom. The number of anilines is 1. The summed E-state index contributed by atoms with van der Waals surface area (Å²) in [4.78, 5) is 22.6. The largest absolute Gasteiger partial charge is 0.375 e. The third kappa shape index (κ3) is 3.14. The number of nitrogen functional groups attached to an aromatic ring is 1. The predicted octanol–water partition coefficient (Wildman–Crippen LogP) is 1.85. The van der Waals surface area contributed by atoms with E-state index in [4.69, 9.17) is 5.73 Å². The van der Waals surface area contributed by atoms with Gasteiger partial charge in [-0.15, -0.1) is 11.3 Å². The van der Waals surface area contributed by atoms with Crippen molar-refractivity contribution in [1.29, 1.82) is 0 Å². The highest BCUT2D eigenvalue weighted by molar-refractivity contribution is 7.13. The van der Waals surface area contributed by atoms with Gasteiger partial charge in [-0.1, -0.05) is 0 Å². The van der Waals surface area contributed by atoms with E-state index in [-0.39, 0.29) is 5.91 Å². The zero-order chi connectivity index (χ0) is 13.9. The van der Waals surface area contributed by atoms with Crippen molar-refractivity contribution in [3.8, 4) is 0 Å². The minimum absolute atomic E-state index is 0.120. The van der Waals surface area contributed by atoms with E-state index in [0.29, 0.717) is 24.1 Å². The van der Waals surface area contributed by atoms with Crippen LogP contribution in [0.25, 0.3) is 0 Å². The van der Waals surface area contributed by atoms with Gasteiger partial charge in [-0.2, -0.15) is 0 Å². The van der Waals surface area contributed by atoms with Crippen LogP contribution in [0.5, 0.6) is 0 Å². The molecule has 0 spiro atoms. The van der Waals surface area contributed by atoms with Crippen molar-refractivity contribution in [2.45, 2.75) is 31.8 Å². The summed E-state index contributed by atoms with van der Waals surface area (Å²) in [6.45, 7) is 0.644. The van der Waals surface area contributed by atoms with Crippen molar-refractivity contribution in [3.05, 3.63) is 41.2 Å². The van der Waals surface area contributed by atoms with Crippen LogP contribution in [0.15, 0.2) is 29.9 Å². The van der Waals surface area contributed by atoms with Gasteiger partial charge >= 0.3 is 0 Å². The topological polar surface area (TPSA) is 72.1 Å². The smallest absolute Gasteiger partial charge is 0.229 e. The number of aromatic nitrogens is 2. The average molecular weight is 288 g/mol. The molecule has 1 saturated carbocycles. The molecule has 0 saturated heterocycles. The molecule has 1 aliphatic rings. The van der Waals surface area contributed by atoms with Crippen molar-refractivity contribution in [1.82, 2.24) is 14.9 Å². The fraction of sp³-hybridized carbons (Fsp3) is 0.357. The average Bonchev–Trinajstić information content (AvgIpc) is 3.21. The van der Waals surface area contributed by atoms with Crippen LogP contribution in [0.1, 0.15) is 24.1 Å². The number of pyridine rings is 1. The van der Waals surface area contributed by atoms with Gasteiger partial charge in [0.05, 0.1) is 12.1 Å². The number of carbonyl (C=O) groups excluding carboxylic acids is 1. The molecule has 2 aromatic heterocycles. The Hall–Kier alpha value is -1.95. The summed E-state index contributed by atoms with van der Waals surface area (Å²) in [5.74, 6) is 0.120. The van der Waals surface area contributed by atoms with Gasteiger partial charge in [-0.05, 0) is 30.5 Å². The van der Waals surface area contributed by atoms with E-state index < -0.39 is 0 Å². The van der Waals surface area contributed by atoms with Gasteiger partial charge in [-0.3, -0.25) is 9.78 Å². The molecule has 104 valence electrons. The number of nitrogens with zero attached hydrogens (tertiary/aromatic N) is 3. The van der Waals surface area contributed by atoms with Gasteiger partial charge in [0.15, 0.2) is 5.13 Å². The predicted molar refractivity (Wildman–Crippen MR) is 78.0 cm³/mol. The Balaban J connectivity index is 1.69. The maximum absolute atomic E-state index is 12.4. The standard InChI is InChI=1S/C14H16N4OS/c15-14-17-11(9-20-14)7-13(19)18(12-1-2-12)8-10-3-5-16-6-4-10/h3-6,9,12H,1-2,7-8H2,(H2,15,17). The molecule has 2 N–H and O–H groups in total. The molecule has 0 atom stereocenters. The number of thiazole rings is 1. The molecular weight excluding hydrogens is 272 g/mol. The molecule has 20 heavy (non-hydrogen) atoms. The SMILES string of the molecule is Nc1nc(CC(=O)N(Cc2ccncc2)C2CC2)cs1. The van der Waals surface area contributed by atoms with Gasteiger partial charge in [0.1, 0.15) is 0 Å². The molecule has 0 aliphatic heterocycles. The van der Waals surface area contributed by atoms with Crippen LogP contribution in [-0.4, -0.2) is 26.8 Å². The molecular formula is C14H16N4OS. The second-order valence-corrected chi connectivity index (χ2v) is 5.85. The van der Waals surface area contributed by atoms with E-state index in [1.165, 1.54) is 11.3 Å². The van der Waals surface area contributed by atoms with Crippen molar-refractivity contribution < 1.29 is 4.79 Å². The summed E-state index contributed by atoms with van der Waals surface area (Å²) in [5.41, 5.74) is 7.47. The Labute approximate surface area is 121 Å². The Bertz CT molecular complexity index is 594. The first-order valence-electron chi connectivity index (χ1n) is 6.60. The van der Waals surface area contributed by atoms with Crippen molar-refractivity contribution in [2.24, 2.45) is 0 Å². The van der Waals surface area contributed by atoms with Crippen LogP contribution < -0.4 is 5.73 Å².